The van der Waals surface area contributed by atoms with Crippen LogP contribution in [0, 0.1) is 0 Å². The van der Waals surface area contributed by atoms with Gasteiger partial charge in [-0.05, 0) is 56.5 Å². The van der Waals surface area contributed by atoms with E-state index in [4.69, 9.17) is 14.2 Å². The fourth-order valence-electron chi connectivity index (χ4n) is 3.51. The Kier molecular flexibility index (Phi) is 6.63. The van der Waals surface area contributed by atoms with E-state index in [0.717, 1.165) is 30.7 Å². The maximum atomic E-state index is 13.0. The highest BCUT2D eigenvalue weighted by Gasteiger charge is 2.30. The second-order valence-corrected chi connectivity index (χ2v) is 6.58. The molecule has 3 rings (SSSR count). The van der Waals surface area contributed by atoms with Gasteiger partial charge in [0.1, 0.15) is 17.2 Å². The first-order chi connectivity index (χ1) is 13.7. The van der Waals surface area contributed by atoms with Gasteiger partial charge in [-0.2, -0.15) is 0 Å². The van der Waals surface area contributed by atoms with E-state index in [1.54, 1.807) is 7.11 Å². The minimum absolute atomic E-state index is 0.0523. The molecule has 0 aromatic heterocycles. The number of nitrogens with one attached hydrogen (secondary N) is 1. The molecule has 6 nitrogen and oxygen atoms in total. The summed E-state index contributed by atoms with van der Waals surface area (Å²) < 4.78 is 16.5. The van der Waals surface area contributed by atoms with Gasteiger partial charge in [-0.1, -0.05) is 12.1 Å². The fraction of sp³-hybridized carbons (Fsp3) is 0.409. The van der Waals surface area contributed by atoms with E-state index in [1.807, 2.05) is 61.2 Å². The summed E-state index contributed by atoms with van der Waals surface area (Å²) >= 11 is 0. The third kappa shape index (κ3) is 4.50. The number of likely N-dealkylation sites (tertiary alicyclic amines) is 1. The van der Waals surface area contributed by atoms with Crippen molar-refractivity contribution in [3.05, 3.63) is 48.0 Å². The van der Waals surface area contributed by atoms with Crippen LogP contribution in [0.2, 0.25) is 0 Å². The van der Waals surface area contributed by atoms with Gasteiger partial charge in [0.15, 0.2) is 0 Å². The van der Waals surface area contributed by atoms with Crippen molar-refractivity contribution in [1.82, 2.24) is 4.90 Å². The van der Waals surface area contributed by atoms with Crippen molar-refractivity contribution in [3.8, 4) is 17.2 Å². The number of urea groups is 1. The number of hydrogen-bond acceptors (Lipinski definition) is 4. The Morgan fingerprint density at radius 1 is 1.07 bits per heavy atom. The van der Waals surface area contributed by atoms with Gasteiger partial charge in [-0.25, -0.2) is 4.79 Å². The van der Waals surface area contributed by atoms with Crippen LogP contribution >= 0.6 is 0 Å². The standard InChI is InChI=1S/C22H28N2O4/c1-4-27-18-12-13-21(28-5-2)19(15-18)23-22(25)24-14-6-7-20(24)16-8-10-17(26-3)11-9-16/h8-13,15,20H,4-7,14H2,1-3H3,(H,23,25). The lowest BCUT2D eigenvalue weighted by Gasteiger charge is -2.26. The molecule has 2 amide bonds. The highest BCUT2D eigenvalue weighted by Crippen LogP contribution is 2.35. The van der Waals surface area contributed by atoms with Crippen LogP contribution in [0.5, 0.6) is 17.2 Å². The van der Waals surface area contributed by atoms with E-state index in [0.29, 0.717) is 30.4 Å². The first-order valence-corrected chi connectivity index (χ1v) is 9.77. The molecule has 1 N–H and O–H groups in total. The molecule has 28 heavy (non-hydrogen) atoms. The molecular weight excluding hydrogens is 356 g/mol. The van der Waals surface area contributed by atoms with E-state index in [-0.39, 0.29) is 12.1 Å². The predicted octanol–water partition coefficient (Wildman–Crippen LogP) is 4.86. The monoisotopic (exact) mass is 384 g/mol. The number of methoxy groups -OCH3 is 1. The first kappa shape index (κ1) is 19.9. The molecule has 0 aliphatic carbocycles. The summed E-state index contributed by atoms with van der Waals surface area (Å²) in [5.41, 5.74) is 1.74. The Morgan fingerprint density at radius 2 is 1.79 bits per heavy atom. The molecule has 150 valence electrons. The van der Waals surface area contributed by atoms with Gasteiger partial charge in [0, 0.05) is 12.6 Å². The average Bonchev–Trinajstić information content (AvgIpc) is 3.20. The first-order valence-electron chi connectivity index (χ1n) is 9.77. The van der Waals surface area contributed by atoms with Gasteiger partial charge in [-0.15, -0.1) is 0 Å². The summed E-state index contributed by atoms with van der Waals surface area (Å²) in [4.78, 5) is 14.9. The molecule has 1 heterocycles. The van der Waals surface area contributed by atoms with Crippen molar-refractivity contribution < 1.29 is 19.0 Å². The molecule has 0 bridgehead atoms. The lowest BCUT2D eigenvalue weighted by molar-refractivity contribution is 0.207. The molecule has 1 aliphatic heterocycles. The topological polar surface area (TPSA) is 60.0 Å². The second-order valence-electron chi connectivity index (χ2n) is 6.58. The Labute approximate surface area is 166 Å². The zero-order valence-corrected chi connectivity index (χ0v) is 16.7. The molecule has 1 unspecified atom stereocenters. The molecular formula is C22H28N2O4. The minimum atomic E-state index is -0.132. The highest BCUT2D eigenvalue weighted by atomic mass is 16.5. The van der Waals surface area contributed by atoms with Gasteiger partial charge < -0.3 is 24.4 Å². The number of carbonyl (C=O) groups excluding carboxylic acids is 1. The number of ether oxygens (including phenoxy) is 3. The summed E-state index contributed by atoms with van der Waals surface area (Å²) in [5.74, 6) is 2.15. The van der Waals surface area contributed by atoms with Crippen molar-refractivity contribution in [2.75, 3.05) is 32.2 Å². The fourth-order valence-corrected chi connectivity index (χ4v) is 3.51. The third-order valence-electron chi connectivity index (χ3n) is 4.82. The van der Waals surface area contributed by atoms with Crippen molar-refractivity contribution in [3.63, 3.8) is 0 Å². The Hall–Kier alpha value is -2.89. The van der Waals surface area contributed by atoms with Gasteiger partial charge in [0.2, 0.25) is 0 Å². The number of hydrogen-bond donors (Lipinski definition) is 1. The molecule has 6 heteroatoms. The maximum absolute atomic E-state index is 13.0. The van der Waals surface area contributed by atoms with Crippen molar-refractivity contribution in [2.24, 2.45) is 0 Å². The van der Waals surface area contributed by atoms with Crippen LogP contribution in [-0.2, 0) is 0 Å². The van der Waals surface area contributed by atoms with Crippen LogP contribution in [0.3, 0.4) is 0 Å². The van der Waals surface area contributed by atoms with Crippen LogP contribution in [-0.4, -0.2) is 37.8 Å². The van der Waals surface area contributed by atoms with E-state index in [9.17, 15) is 4.79 Å². The molecule has 2 aromatic rings. The van der Waals surface area contributed by atoms with Crippen LogP contribution in [0.15, 0.2) is 42.5 Å². The Bertz CT molecular complexity index is 792. The Morgan fingerprint density at radius 3 is 2.46 bits per heavy atom. The summed E-state index contributed by atoms with van der Waals surface area (Å²) in [5, 5.41) is 3.02. The van der Waals surface area contributed by atoms with E-state index in [1.165, 1.54) is 0 Å². The number of nitrogens with zero attached hydrogens (tertiary/aromatic N) is 1. The molecule has 0 spiro atoms. The maximum Gasteiger partial charge on any atom is 0.322 e. The van der Waals surface area contributed by atoms with Crippen molar-refractivity contribution in [1.29, 1.82) is 0 Å². The SMILES string of the molecule is CCOc1ccc(OCC)c(NC(=O)N2CCCC2c2ccc(OC)cc2)c1. The molecule has 0 saturated carbocycles. The van der Waals surface area contributed by atoms with Gasteiger partial charge in [0.25, 0.3) is 0 Å². The second kappa shape index (κ2) is 9.35. The van der Waals surface area contributed by atoms with E-state index < -0.39 is 0 Å². The number of amides is 2. The largest absolute Gasteiger partial charge is 0.497 e. The van der Waals surface area contributed by atoms with Crippen LogP contribution in [0.1, 0.15) is 38.3 Å². The highest BCUT2D eigenvalue weighted by molar-refractivity contribution is 5.91. The summed E-state index contributed by atoms with van der Waals surface area (Å²) in [6.45, 7) is 5.65. The summed E-state index contributed by atoms with van der Waals surface area (Å²) in [6.07, 6.45) is 1.92. The normalized spacial score (nSPS) is 16.0. The van der Waals surface area contributed by atoms with Gasteiger partial charge in [-0.3, -0.25) is 0 Å². The lowest BCUT2D eigenvalue weighted by Crippen LogP contribution is -2.34. The van der Waals surface area contributed by atoms with E-state index >= 15 is 0 Å². The molecule has 1 aliphatic rings. The summed E-state index contributed by atoms with van der Waals surface area (Å²) in [7, 11) is 1.65. The van der Waals surface area contributed by atoms with E-state index in [2.05, 4.69) is 5.32 Å². The number of benzene rings is 2. The molecule has 1 saturated heterocycles. The zero-order valence-electron chi connectivity index (χ0n) is 16.7. The van der Waals surface area contributed by atoms with Gasteiger partial charge in [0.05, 0.1) is 32.1 Å². The molecule has 0 radical (unpaired) electrons. The zero-order chi connectivity index (χ0) is 19.9. The number of rotatable bonds is 7. The molecule has 2 aromatic carbocycles. The average molecular weight is 384 g/mol. The number of carbonyl (C=O) groups is 1. The summed E-state index contributed by atoms with van der Waals surface area (Å²) in [6, 6.07) is 13.3. The smallest absolute Gasteiger partial charge is 0.322 e. The van der Waals surface area contributed by atoms with Crippen molar-refractivity contribution in [2.45, 2.75) is 32.7 Å². The van der Waals surface area contributed by atoms with Crippen molar-refractivity contribution >= 4 is 11.7 Å². The Balaban J connectivity index is 1.78. The minimum Gasteiger partial charge on any atom is -0.497 e. The van der Waals surface area contributed by atoms with Crippen LogP contribution in [0.25, 0.3) is 0 Å². The third-order valence-corrected chi connectivity index (χ3v) is 4.82. The van der Waals surface area contributed by atoms with Crippen LogP contribution < -0.4 is 19.5 Å². The number of anilines is 1. The molecule has 1 atom stereocenters. The van der Waals surface area contributed by atoms with Crippen LogP contribution in [0.4, 0.5) is 10.5 Å². The quantitative estimate of drug-likeness (QED) is 0.740. The predicted molar refractivity (Wildman–Crippen MR) is 109 cm³/mol. The lowest BCUT2D eigenvalue weighted by atomic mass is 10.0. The van der Waals surface area contributed by atoms with Gasteiger partial charge >= 0.3 is 6.03 Å². The molecule has 1 fully saturated rings.